The zero-order valence-corrected chi connectivity index (χ0v) is 9.62. The molecular weight excluding hydrogens is 188 g/mol. The van der Waals surface area contributed by atoms with Crippen LogP contribution in [0.25, 0.3) is 0 Å². The molecule has 0 aromatic rings. The van der Waals surface area contributed by atoms with Crippen molar-refractivity contribution >= 4 is 5.78 Å². The van der Waals surface area contributed by atoms with Crippen molar-refractivity contribution in [1.29, 1.82) is 0 Å². The van der Waals surface area contributed by atoms with E-state index in [9.17, 15) is 9.90 Å². The standard InChI is InChI=1S/C13H20O2/c1-12(2)7-3-4-11(15)13(12)8-5-10(14)6-9-13/h5,8,11,15H,3-4,6-7,9H2,1-2H3. The summed E-state index contributed by atoms with van der Waals surface area (Å²) in [4.78, 5) is 11.2. The molecule has 2 nitrogen and oxygen atoms in total. The third kappa shape index (κ3) is 1.55. The average molecular weight is 208 g/mol. The minimum absolute atomic E-state index is 0.113. The minimum atomic E-state index is -0.273. The Bertz CT molecular complexity index is 304. The van der Waals surface area contributed by atoms with Crippen molar-refractivity contribution in [1.82, 2.24) is 0 Å². The Kier molecular flexibility index (Phi) is 2.50. The van der Waals surface area contributed by atoms with Gasteiger partial charge < -0.3 is 5.11 Å². The van der Waals surface area contributed by atoms with Crippen molar-refractivity contribution in [2.24, 2.45) is 10.8 Å². The van der Waals surface area contributed by atoms with Crippen LogP contribution >= 0.6 is 0 Å². The lowest BCUT2D eigenvalue weighted by molar-refractivity contribution is -0.119. The monoisotopic (exact) mass is 208 g/mol. The van der Waals surface area contributed by atoms with E-state index in [0.29, 0.717) is 6.42 Å². The highest BCUT2D eigenvalue weighted by Crippen LogP contribution is 2.55. The lowest BCUT2D eigenvalue weighted by atomic mass is 9.53. The van der Waals surface area contributed by atoms with E-state index < -0.39 is 0 Å². The van der Waals surface area contributed by atoms with Gasteiger partial charge in [0, 0.05) is 11.8 Å². The summed E-state index contributed by atoms with van der Waals surface area (Å²) < 4.78 is 0. The van der Waals surface area contributed by atoms with Gasteiger partial charge in [-0.05, 0) is 30.8 Å². The van der Waals surface area contributed by atoms with Crippen LogP contribution in [0, 0.1) is 10.8 Å². The third-order valence-corrected chi connectivity index (χ3v) is 4.49. The summed E-state index contributed by atoms with van der Waals surface area (Å²) in [7, 11) is 0. The van der Waals surface area contributed by atoms with Gasteiger partial charge in [-0.25, -0.2) is 0 Å². The highest BCUT2D eigenvalue weighted by molar-refractivity contribution is 5.90. The van der Waals surface area contributed by atoms with Gasteiger partial charge in [0.25, 0.3) is 0 Å². The van der Waals surface area contributed by atoms with Crippen LogP contribution < -0.4 is 0 Å². The van der Waals surface area contributed by atoms with E-state index in [1.807, 2.05) is 6.08 Å². The number of ketones is 1. The first-order chi connectivity index (χ1) is 6.98. The van der Waals surface area contributed by atoms with Crippen LogP contribution in [0.2, 0.25) is 0 Å². The maximum absolute atomic E-state index is 11.2. The van der Waals surface area contributed by atoms with Gasteiger partial charge >= 0.3 is 0 Å². The normalized spacial score (nSPS) is 39.7. The predicted molar refractivity (Wildman–Crippen MR) is 59.5 cm³/mol. The topological polar surface area (TPSA) is 37.3 Å². The van der Waals surface area contributed by atoms with Crippen molar-refractivity contribution in [2.45, 2.75) is 52.1 Å². The zero-order valence-electron chi connectivity index (χ0n) is 9.62. The van der Waals surface area contributed by atoms with E-state index in [-0.39, 0.29) is 22.7 Å². The molecule has 0 aromatic carbocycles. The van der Waals surface area contributed by atoms with Crippen LogP contribution in [-0.4, -0.2) is 17.0 Å². The van der Waals surface area contributed by atoms with Crippen molar-refractivity contribution in [3.63, 3.8) is 0 Å². The molecule has 1 N–H and O–H groups in total. The fraction of sp³-hybridized carbons (Fsp3) is 0.769. The molecule has 2 unspecified atom stereocenters. The Hall–Kier alpha value is -0.630. The Morgan fingerprint density at radius 3 is 2.67 bits per heavy atom. The van der Waals surface area contributed by atoms with E-state index in [0.717, 1.165) is 25.7 Å². The molecule has 1 spiro atoms. The molecule has 84 valence electrons. The number of carbonyl (C=O) groups is 1. The van der Waals surface area contributed by atoms with Gasteiger partial charge in [0.05, 0.1) is 6.10 Å². The SMILES string of the molecule is CC1(C)CCCC(O)C12C=CC(=O)CC2. The maximum atomic E-state index is 11.2. The quantitative estimate of drug-likeness (QED) is 0.664. The summed E-state index contributed by atoms with van der Waals surface area (Å²) in [6.07, 6.45) is 7.92. The van der Waals surface area contributed by atoms with Crippen LogP contribution in [0.15, 0.2) is 12.2 Å². The van der Waals surface area contributed by atoms with E-state index in [1.165, 1.54) is 0 Å². The molecule has 1 saturated carbocycles. The van der Waals surface area contributed by atoms with Gasteiger partial charge in [-0.1, -0.05) is 26.3 Å². The second kappa shape index (κ2) is 3.44. The van der Waals surface area contributed by atoms with Gasteiger partial charge in [0.1, 0.15) is 0 Å². The molecule has 1 fully saturated rings. The molecule has 0 bridgehead atoms. The first kappa shape index (κ1) is 10.9. The number of rotatable bonds is 0. The zero-order chi connectivity index (χ0) is 11.1. The predicted octanol–water partition coefficient (Wildman–Crippen LogP) is 2.46. The van der Waals surface area contributed by atoms with Crippen LogP contribution in [0.1, 0.15) is 46.0 Å². The molecule has 15 heavy (non-hydrogen) atoms. The summed E-state index contributed by atoms with van der Waals surface area (Å²) >= 11 is 0. The average Bonchev–Trinajstić information content (AvgIpc) is 2.16. The number of aliphatic hydroxyl groups excluding tert-OH is 1. The van der Waals surface area contributed by atoms with Gasteiger partial charge in [-0.15, -0.1) is 0 Å². The number of hydrogen-bond acceptors (Lipinski definition) is 2. The molecule has 0 amide bonds. The van der Waals surface area contributed by atoms with Crippen LogP contribution in [0.4, 0.5) is 0 Å². The Balaban J connectivity index is 2.37. The third-order valence-electron chi connectivity index (χ3n) is 4.49. The summed E-state index contributed by atoms with van der Waals surface area (Å²) in [5.74, 6) is 0.203. The lowest BCUT2D eigenvalue weighted by Gasteiger charge is -2.52. The molecule has 2 aliphatic carbocycles. The lowest BCUT2D eigenvalue weighted by Crippen LogP contribution is -2.50. The van der Waals surface area contributed by atoms with E-state index >= 15 is 0 Å². The van der Waals surface area contributed by atoms with Gasteiger partial charge in [0.2, 0.25) is 0 Å². The highest BCUT2D eigenvalue weighted by atomic mass is 16.3. The Labute approximate surface area is 91.4 Å². The van der Waals surface area contributed by atoms with Crippen molar-refractivity contribution in [3.8, 4) is 0 Å². The van der Waals surface area contributed by atoms with Crippen LogP contribution in [-0.2, 0) is 4.79 Å². The van der Waals surface area contributed by atoms with Crippen molar-refractivity contribution < 1.29 is 9.90 Å². The van der Waals surface area contributed by atoms with Gasteiger partial charge in [0.15, 0.2) is 5.78 Å². The molecule has 0 radical (unpaired) electrons. The second-order valence-electron chi connectivity index (χ2n) is 5.63. The largest absolute Gasteiger partial charge is 0.392 e. The molecular formula is C13H20O2. The fourth-order valence-electron chi connectivity index (χ4n) is 3.26. The molecule has 2 aliphatic rings. The van der Waals surface area contributed by atoms with Crippen LogP contribution in [0.5, 0.6) is 0 Å². The summed E-state index contributed by atoms with van der Waals surface area (Å²) in [6.45, 7) is 4.44. The molecule has 0 heterocycles. The number of aliphatic hydroxyl groups is 1. The summed E-state index contributed by atoms with van der Waals surface area (Å²) in [5.41, 5.74) is -0.0406. The molecule has 2 heteroatoms. The Morgan fingerprint density at radius 2 is 2.13 bits per heavy atom. The highest BCUT2D eigenvalue weighted by Gasteiger charge is 2.51. The second-order valence-corrected chi connectivity index (χ2v) is 5.63. The molecule has 2 rings (SSSR count). The molecule has 0 aliphatic heterocycles. The number of hydrogen-bond donors (Lipinski definition) is 1. The number of allylic oxidation sites excluding steroid dienone is 1. The van der Waals surface area contributed by atoms with Gasteiger partial charge in [-0.2, -0.15) is 0 Å². The van der Waals surface area contributed by atoms with E-state index in [2.05, 4.69) is 13.8 Å². The van der Waals surface area contributed by atoms with E-state index in [4.69, 9.17) is 0 Å². The van der Waals surface area contributed by atoms with Crippen molar-refractivity contribution in [2.75, 3.05) is 0 Å². The minimum Gasteiger partial charge on any atom is -0.392 e. The van der Waals surface area contributed by atoms with Gasteiger partial charge in [-0.3, -0.25) is 4.79 Å². The number of carbonyl (C=O) groups excluding carboxylic acids is 1. The van der Waals surface area contributed by atoms with E-state index in [1.54, 1.807) is 6.08 Å². The summed E-state index contributed by atoms with van der Waals surface area (Å²) in [5, 5.41) is 10.2. The summed E-state index contributed by atoms with van der Waals surface area (Å²) in [6, 6.07) is 0. The Morgan fingerprint density at radius 1 is 1.40 bits per heavy atom. The van der Waals surface area contributed by atoms with Crippen molar-refractivity contribution in [3.05, 3.63) is 12.2 Å². The smallest absolute Gasteiger partial charge is 0.155 e. The first-order valence-corrected chi connectivity index (χ1v) is 5.88. The molecule has 2 atom stereocenters. The van der Waals surface area contributed by atoms with Crippen LogP contribution in [0.3, 0.4) is 0 Å². The fourth-order valence-corrected chi connectivity index (χ4v) is 3.26. The molecule has 0 aromatic heterocycles. The molecule has 0 saturated heterocycles. The maximum Gasteiger partial charge on any atom is 0.155 e. The first-order valence-electron chi connectivity index (χ1n) is 5.88.